The lowest BCUT2D eigenvalue weighted by molar-refractivity contribution is 0.0140. The highest BCUT2D eigenvalue weighted by Crippen LogP contribution is 2.21. The first-order valence-electron chi connectivity index (χ1n) is 7.68. The van der Waals surface area contributed by atoms with Gasteiger partial charge in [0.2, 0.25) is 0 Å². The van der Waals surface area contributed by atoms with Gasteiger partial charge in [-0.05, 0) is 45.0 Å². The quantitative estimate of drug-likeness (QED) is 0.633. The molecule has 0 bridgehead atoms. The third-order valence-corrected chi connectivity index (χ3v) is 3.44. The molecule has 1 aliphatic heterocycles. The highest BCUT2D eigenvalue weighted by molar-refractivity contribution is 5.90. The Bertz CT molecular complexity index is 629. The van der Waals surface area contributed by atoms with Crippen molar-refractivity contribution in [3.63, 3.8) is 0 Å². The van der Waals surface area contributed by atoms with E-state index in [2.05, 4.69) is 0 Å². The SMILES string of the molecule is CC(C)(C)OC(=O)N1C[C@@H](F)[C@@H](OC(=O)c2ccc(N(O)O)cc2)C1. The summed E-state index contributed by atoms with van der Waals surface area (Å²) in [5.74, 6) is -0.771. The summed E-state index contributed by atoms with van der Waals surface area (Å²) in [4.78, 5) is 25.2. The Morgan fingerprint density at radius 3 is 2.32 bits per heavy atom. The second-order valence-corrected chi connectivity index (χ2v) is 6.68. The molecule has 1 saturated heterocycles. The summed E-state index contributed by atoms with van der Waals surface area (Å²) in [5, 5.41) is 17.6. The molecular weight excluding hydrogens is 335 g/mol. The van der Waals surface area contributed by atoms with Gasteiger partial charge in [0.15, 0.2) is 12.3 Å². The zero-order valence-corrected chi connectivity index (χ0v) is 14.2. The number of carbonyl (C=O) groups excluding carboxylic acids is 2. The smallest absolute Gasteiger partial charge is 0.410 e. The second-order valence-electron chi connectivity index (χ2n) is 6.68. The monoisotopic (exact) mass is 356 g/mol. The predicted octanol–water partition coefficient (Wildman–Crippen LogP) is 2.39. The molecule has 1 amide bonds. The molecule has 0 saturated carbocycles. The number of nitrogens with zero attached hydrogens (tertiary/aromatic N) is 2. The van der Waals surface area contributed by atoms with Crippen molar-refractivity contribution in [2.75, 3.05) is 18.3 Å². The zero-order valence-electron chi connectivity index (χ0n) is 14.2. The van der Waals surface area contributed by atoms with Crippen molar-refractivity contribution in [3.05, 3.63) is 29.8 Å². The average molecular weight is 356 g/mol. The molecule has 8 nitrogen and oxygen atoms in total. The number of likely N-dealkylation sites (tertiary alicyclic amines) is 1. The van der Waals surface area contributed by atoms with E-state index in [4.69, 9.17) is 19.9 Å². The Balaban J connectivity index is 1.96. The van der Waals surface area contributed by atoms with Crippen LogP contribution in [0.5, 0.6) is 0 Å². The fraction of sp³-hybridized carbons (Fsp3) is 0.500. The zero-order chi connectivity index (χ0) is 18.8. The summed E-state index contributed by atoms with van der Waals surface area (Å²) in [6, 6.07) is 5.19. The van der Waals surface area contributed by atoms with Crippen molar-refractivity contribution in [3.8, 4) is 0 Å². The molecular formula is C16H21FN2O6. The van der Waals surface area contributed by atoms with Crippen molar-refractivity contribution in [2.45, 2.75) is 38.6 Å². The molecule has 0 aliphatic carbocycles. The van der Waals surface area contributed by atoms with Crippen LogP contribution < -0.4 is 5.23 Å². The first-order valence-corrected chi connectivity index (χ1v) is 7.68. The molecule has 2 atom stereocenters. The number of alkyl halides is 1. The Kier molecular flexibility index (Phi) is 5.48. The summed E-state index contributed by atoms with van der Waals surface area (Å²) in [5.41, 5.74) is -0.530. The Hall–Kier alpha value is -2.39. The number of benzene rings is 1. The maximum atomic E-state index is 14.1. The minimum atomic E-state index is -1.51. The normalized spacial score (nSPS) is 20.3. The minimum absolute atomic E-state index is 0.0527. The number of anilines is 1. The van der Waals surface area contributed by atoms with Gasteiger partial charge in [0, 0.05) is 0 Å². The van der Waals surface area contributed by atoms with Crippen LogP contribution in [-0.2, 0) is 9.47 Å². The number of hydrogen-bond acceptors (Lipinski definition) is 7. The predicted molar refractivity (Wildman–Crippen MR) is 84.4 cm³/mol. The Morgan fingerprint density at radius 2 is 1.80 bits per heavy atom. The van der Waals surface area contributed by atoms with Crippen LogP contribution in [0, 0.1) is 0 Å². The van der Waals surface area contributed by atoms with E-state index in [1.165, 1.54) is 24.3 Å². The molecule has 0 spiro atoms. The highest BCUT2D eigenvalue weighted by atomic mass is 19.1. The van der Waals surface area contributed by atoms with E-state index in [9.17, 15) is 14.0 Å². The average Bonchev–Trinajstić information content (AvgIpc) is 2.87. The lowest BCUT2D eigenvalue weighted by Gasteiger charge is -2.24. The van der Waals surface area contributed by atoms with Crippen LogP contribution >= 0.6 is 0 Å². The van der Waals surface area contributed by atoms with Crippen molar-refractivity contribution < 1.29 is 33.9 Å². The van der Waals surface area contributed by atoms with Gasteiger partial charge in [0.1, 0.15) is 5.60 Å². The minimum Gasteiger partial charge on any atom is -0.454 e. The molecule has 1 heterocycles. The van der Waals surface area contributed by atoms with Gasteiger partial charge in [-0.2, -0.15) is 0 Å². The molecule has 2 rings (SSSR count). The van der Waals surface area contributed by atoms with Gasteiger partial charge in [-0.15, -0.1) is 5.23 Å². The van der Waals surface area contributed by atoms with Gasteiger partial charge < -0.3 is 14.4 Å². The summed E-state index contributed by atoms with van der Waals surface area (Å²) >= 11 is 0. The maximum absolute atomic E-state index is 14.1. The largest absolute Gasteiger partial charge is 0.454 e. The lowest BCUT2D eigenvalue weighted by atomic mass is 10.2. The molecule has 1 aromatic rings. The third-order valence-electron chi connectivity index (χ3n) is 3.44. The Morgan fingerprint density at radius 1 is 1.20 bits per heavy atom. The van der Waals surface area contributed by atoms with Gasteiger partial charge in [-0.1, -0.05) is 0 Å². The number of hydrogen-bond donors (Lipinski definition) is 2. The van der Waals surface area contributed by atoms with E-state index in [1.54, 1.807) is 20.8 Å². The standard InChI is InChI=1S/C16H21FN2O6/c1-16(2,3)25-15(21)18-8-12(17)13(9-18)24-14(20)10-4-6-11(7-5-10)19(22)23/h4-7,12-13,22-23H,8-9H2,1-3H3/t12-,13+/m1/s1. The number of esters is 1. The van der Waals surface area contributed by atoms with Gasteiger partial charge in [-0.3, -0.25) is 10.4 Å². The van der Waals surface area contributed by atoms with E-state index >= 15 is 0 Å². The van der Waals surface area contributed by atoms with E-state index in [0.29, 0.717) is 0 Å². The summed E-state index contributed by atoms with van der Waals surface area (Å²) in [6.07, 6.45) is -3.27. The molecule has 1 aromatic carbocycles. The molecule has 25 heavy (non-hydrogen) atoms. The lowest BCUT2D eigenvalue weighted by Crippen LogP contribution is -2.36. The number of rotatable bonds is 3. The van der Waals surface area contributed by atoms with Crippen molar-refractivity contribution in [2.24, 2.45) is 0 Å². The molecule has 138 valence electrons. The van der Waals surface area contributed by atoms with Crippen molar-refractivity contribution in [1.82, 2.24) is 4.90 Å². The highest BCUT2D eigenvalue weighted by Gasteiger charge is 2.39. The van der Waals surface area contributed by atoms with E-state index in [-0.39, 0.29) is 29.6 Å². The van der Waals surface area contributed by atoms with E-state index in [0.717, 1.165) is 4.90 Å². The fourth-order valence-electron chi connectivity index (χ4n) is 2.26. The van der Waals surface area contributed by atoms with Crippen LogP contribution in [0.25, 0.3) is 0 Å². The molecule has 0 unspecified atom stereocenters. The topological polar surface area (TPSA) is 99.5 Å². The van der Waals surface area contributed by atoms with Crippen LogP contribution in [0.2, 0.25) is 0 Å². The Labute approximate surface area is 144 Å². The van der Waals surface area contributed by atoms with Gasteiger partial charge in [0.05, 0.1) is 24.3 Å². The number of halogens is 1. The summed E-state index contributed by atoms with van der Waals surface area (Å²) in [6.45, 7) is 4.80. The van der Waals surface area contributed by atoms with Crippen LogP contribution in [0.4, 0.5) is 14.9 Å². The molecule has 1 aliphatic rings. The number of carbonyl (C=O) groups is 2. The number of ether oxygens (including phenoxy) is 2. The molecule has 0 radical (unpaired) electrons. The first kappa shape index (κ1) is 18.9. The van der Waals surface area contributed by atoms with E-state index < -0.39 is 29.9 Å². The van der Waals surface area contributed by atoms with Crippen LogP contribution in [0.3, 0.4) is 0 Å². The molecule has 1 fully saturated rings. The van der Waals surface area contributed by atoms with Gasteiger partial charge >= 0.3 is 12.1 Å². The van der Waals surface area contributed by atoms with Crippen LogP contribution in [-0.4, -0.2) is 58.3 Å². The maximum Gasteiger partial charge on any atom is 0.410 e. The first-order chi connectivity index (χ1) is 11.6. The van der Waals surface area contributed by atoms with Gasteiger partial charge in [0.25, 0.3) is 0 Å². The number of amides is 1. The summed E-state index contributed by atoms with van der Waals surface area (Å²) < 4.78 is 24.4. The molecule has 2 N–H and O–H groups in total. The molecule has 0 aromatic heterocycles. The molecule has 9 heteroatoms. The van der Waals surface area contributed by atoms with Crippen molar-refractivity contribution in [1.29, 1.82) is 0 Å². The fourth-order valence-corrected chi connectivity index (χ4v) is 2.26. The van der Waals surface area contributed by atoms with Crippen LogP contribution in [0.1, 0.15) is 31.1 Å². The second kappa shape index (κ2) is 7.24. The van der Waals surface area contributed by atoms with E-state index in [1.807, 2.05) is 0 Å². The van der Waals surface area contributed by atoms with Crippen LogP contribution in [0.15, 0.2) is 24.3 Å². The van der Waals surface area contributed by atoms with Gasteiger partial charge in [-0.25, -0.2) is 14.0 Å². The summed E-state index contributed by atoms with van der Waals surface area (Å²) in [7, 11) is 0. The third kappa shape index (κ3) is 5.04. The van der Waals surface area contributed by atoms with Crippen molar-refractivity contribution >= 4 is 17.7 Å².